The summed E-state index contributed by atoms with van der Waals surface area (Å²) in [4.78, 5) is 0. The standard InChI is InChI=1S/C11H17ClN2O/c1-3-15-11-8(10(14)6-13)4-7(2)5-9(11)12/h4-5,10H,3,6,13-14H2,1-2H3. The highest BCUT2D eigenvalue weighted by atomic mass is 35.5. The van der Waals surface area contributed by atoms with E-state index in [1.54, 1.807) is 0 Å². The largest absolute Gasteiger partial charge is 0.492 e. The molecule has 1 unspecified atom stereocenters. The monoisotopic (exact) mass is 228 g/mol. The van der Waals surface area contributed by atoms with Crippen molar-refractivity contribution < 1.29 is 4.74 Å². The zero-order valence-electron chi connectivity index (χ0n) is 9.09. The van der Waals surface area contributed by atoms with E-state index in [0.717, 1.165) is 11.1 Å². The molecular formula is C11H17ClN2O. The maximum atomic E-state index is 6.09. The summed E-state index contributed by atoms with van der Waals surface area (Å²) in [6.07, 6.45) is 0. The molecule has 3 nitrogen and oxygen atoms in total. The first-order valence-corrected chi connectivity index (χ1v) is 5.36. The van der Waals surface area contributed by atoms with Gasteiger partial charge < -0.3 is 16.2 Å². The highest BCUT2D eigenvalue weighted by molar-refractivity contribution is 6.32. The van der Waals surface area contributed by atoms with Crippen LogP contribution in [0, 0.1) is 6.92 Å². The number of hydrogen-bond donors (Lipinski definition) is 2. The third kappa shape index (κ3) is 2.84. The third-order valence-corrected chi connectivity index (χ3v) is 2.44. The van der Waals surface area contributed by atoms with Gasteiger partial charge in [-0.3, -0.25) is 0 Å². The number of halogens is 1. The zero-order chi connectivity index (χ0) is 11.4. The highest BCUT2D eigenvalue weighted by Gasteiger charge is 2.14. The van der Waals surface area contributed by atoms with Crippen molar-refractivity contribution in [1.82, 2.24) is 0 Å². The predicted octanol–water partition coefficient (Wildman–Crippen LogP) is 2.01. The molecule has 0 aliphatic rings. The number of benzene rings is 1. The minimum Gasteiger partial charge on any atom is -0.492 e. The van der Waals surface area contributed by atoms with Gasteiger partial charge in [-0.15, -0.1) is 0 Å². The molecule has 0 radical (unpaired) electrons. The number of hydrogen-bond acceptors (Lipinski definition) is 3. The molecule has 0 fully saturated rings. The molecule has 0 saturated heterocycles. The summed E-state index contributed by atoms with van der Waals surface area (Å²) in [5.74, 6) is 0.655. The summed E-state index contributed by atoms with van der Waals surface area (Å²) in [6, 6.07) is 3.59. The maximum Gasteiger partial charge on any atom is 0.142 e. The van der Waals surface area contributed by atoms with Gasteiger partial charge in [-0.1, -0.05) is 17.7 Å². The van der Waals surface area contributed by atoms with Crippen LogP contribution < -0.4 is 16.2 Å². The SMILES string of the molecule is CCOc1c(Cl)cc(C)cc1C(N)CN. The Morgan fingerprint density at radius 2 is 2.13 bits per heavy atom. The zero-order valence-corrected chi connectivity index (χ0v) is 9.84. The third-order valence-electron chi connectivity index (χ3n) is 2.16. The van der Waals surface area contributed by atoms with Gasteiger partial charge in [-0.2, -0.15) is 0 Å². The average molecular weight is 229 g/mol. The van der Waals surface area contributed by atoms with Crippen LogP contribution in [0.25, 0.3) is 0 Å². The summed E-state index contributed by atoms with van der Waals surface area (Å²) >= 11 is 6.09. The summed E-state index contributed by atoms with van der Waals surface area (Å²) < 4.78 is 5.48. The molecule has 0 aliphatic heterocycles. The van der Waals surface area contributed by atoms with Crippen LogP contribution in [0.1, 0.15) is 24.1 Å². The van der Waals surface area contributed by atoms with Crippen molar-refractivity contribution in [2.45, 2.75) is 19.9 Å². The van der Waals surface area contributed by atoms with Crippen LogP contribution in [0.3, 0.4) is 0 Å². The van der Waals surface area contributed by atoms with Crippen LogP contribution >= 0.6 is 11.6 Å². The summed E-state index contributed by atoms with van der Waals surface area (Å²) in [7, 11) is 0. The van der Waals surface area contributed by atoms with Crippen LogP contribution in [0.4, 0.5) is 0 Å². The van der Waals surface area contributed by atoms with Gasteiger partial charge in [0.1, 0.15) is 5.75 Å². The van der Waals surface area contributed by atoms with Gasteiger partial charge >= 0.3 is 0 Å². The molecule has 1 aromatic rings. The molecule has 0 saturated carbocycles. The van der Waals surface area contributed by atoms with Crippen molar-refractivity contribution in [1.29, 1.82) is 0 Å². The van der Waals surface area contributed by atoms with Crippen LogP contribution in [0.5, 0.6) is 5.75 Å². The van der Waals surface area contributed by atoms with Crippen molar-refractivity contribution in [2.24, 2.45) is 11.5 Å². The minimum atomic E-state index is -0.232. The molecule has 0 spiro atoms. The summed E-state index contributed by atoms with van der Waals surface area (Å²) in [6.45, 7) is 4.81. The Morgan fingerprint density at radius 3 is 2.67 bits per heavy atom. The van der Waals surface area contributed by atoms with Crippen LogP contribution in [-0.2, 0) is 0 Å². The molecule has 1 rings (SSSR count). The van der Waals surface area contributed by atoms with E-state index in [1.165, 1.54) is 0 Å². The van der Waals surface area contributed by atoms with E-state index in [0.29, 0.717) is 23.9 Å². The van der Waals surface area contributed by atoms with Crippen molar-refractivity contribution in [2.75, 3.05) is 13.2 Å². The molecule has 15 heavy (non-hydrogen) atoms. The first kappa shape index (κ1) is 12.3. The number of ether oxygens (including phenoxy) is 1. The number of aryl methyl sites for hydroxylation is 1. The van der Waals surface area contributed by atoms with Crippen molar-refractivity contribution in [3.63, 3.8) is 0 Å². The van der Waals surface area contributed by atoms with E-state index in [1.807, 2.05) is 26.0 Å². The molecule has 0 amide bonds. The van der Waals surface area contributed by atoms with Crippen LogP contribution in [0.2, 0.25) is 5.02 Å². The molecular weight excluding hydrogens is 212 g/mol. The van der Waals surface area contributed by atoms with E-state index < -0.39 is 0 Å². The van der Waals surface area contributed by atoms with Gasteiger partial charge in [0.05, 0.1) is 11.6 Å². The fourth-order valence-corrected chi connectivity index (χ4v) is 1.79. The van der Waals surface area contributed by atoms with Gasteiger partial charge in [-0.05, 0) is 25.5 Å². The predicted molar refractivity (Wildman–Crippen MR) is 63.3 cm³/mol. The van der Waals surface area contributed by atoms with Crippen molar-refractivity contribution in [3.05, 3.63) is 28.3 Å². The summed E-state index contributed by atoms with van der Waals surface area (Å²) in [5, 5.41) is 0.593. The van der Waals surface area contributed by atoms with Gasteiger partial charge in [-0.25, -0.2) is 0 Å². The molecule has 4 heteroatoms. The van der Waals surface area contributed by atoms with E-state index in [9.17, 15) is 0 Å². The van der Waals surface area contributed by atoms with Crippen LogP contribution in [-0.4, -0.2) is 13.2 Å². The topological polar surface area (TPSA) is 61.3 Å². The molecule has 4 N–H and O–H groups in total. The van der Waals surface area contributed by atoms with Gasteiger partial charge in [0.2, 0.25) is 0 Å². The molecule has 0 heterocycles. The Morgan fingerprint density at radius 1 is 1.47 bits per heavy atom. The van der Waals surface area contributed by atoms with E-state index in [4.69, 9.17) is 27.8 Å². The normalized spacial score (nSPS) is 12.6. The Bertz CT molecular complexity index is 342. The second-order valence-electron chi connectivity index (χ2n) is 3.44. The molecule has 0 aromatic heterocycles. The second-order valence-corrected chi connectivity index (χ2v) is 3.85. The number of nitrogens with two attached hydrogens (primary N) is 2. The summed E-state index contributed by atoms with van der Waals surface area (Å²) in [5.41, 5.74) is 13.4. The lowest BCUT2D eigenvalue weighted by Crippen LogP contribution is -2.21. The second kappa shape index (κ2) is 5.35. The fraction of sp³-hybridized carbons (Fsp3) is 0.455. The molecule has 0 aliphatic carbocycles. The maximum absolute atomic E-state index is 6.09. The van der Waals surface area contributed by atoms with Gasteiger partial charge in [0.15, 0.2) is 0 Å². The minimum absolute atomic E-state index is 0.232. The molecule has 84 valence electrons. The Hall–Kier alpha value is -0.770. The quantitative estimate of drug-likeness (QED) is 0.829. The fourth-order valence-electron chi connectivity index (χ4n) is 1.45. The van der Waals surface area contributed by atoms with Crippen molar-refractivity contribution in [3.8, 4) is 5.75 Å². The smallest absolute Gasteiger partial charge is 0.142 e. The first-order valence-electron chi connectivity index (χ1n) is 4.98. The van der Waals surface area contributed by atoms with Crippen molar-refractivity contribution >= 4 is 11.6 Å². The lowest BCUT2D eigenvalue weighted by Gasteiger charge is -2.17. The van der Waals surface area contributed by atoms with Gasteiger partial charge in [0.25, 0.3) is 0 Å². The first-order chi connectivity index (χ1) is 7.10. The molecule has 1 atom stereocenters. The van der Waals surface area contributed by atoms with Gasteiger partial charge in [0, 0.05) is 18.2 Å². The van der Waals surface area contributed by atoms with Crippen LogP contribution in [0.15, 0.2) is 12.1 Å². The van der Waals surface area contributed by atoms with E-state index in [2.05, 4.69) is 0 Å². The highest BCUT2D eigenvalue weighted by Crippen LogP contribution is 2.33. The Balaban J connectivity index is 3.20. The van der Waals surface area contributed by atoms with E-state index in [-0.39, 0.29) is 6.04 Å². The lowest BCUT2D eigenvalue weighted by molar-refractivity contribution is 0.334. The lowest BCUT2D eigenvalue weighted by atomic mass is 10.0. The molecule has 0 bridgehead atoms. The molecule has 1 aromatic carbocycles. The average Bonchev–Trinajstić information content (AvgIpc) is 2.20. The van der Waals surface area contributed by atoms with E-state index >= 15 is 0 Å². The number of rotatable bonds is 4. The Kier molecular flexibility index (Phi) is 4.39. The Labute approximate surface area is 95.4 Å².